The molecule has 2 N–H and O–H groups in total. The first-order chi connectivity index (χ1) is 9.75. The van der Waals surface area contributed by atoms with Gasteiger partial charge in [-0.25, -0.2) is 17.5 Å². The Hall–Kier alpha value is -0.980. The van der Waals surface area contributed by atoms with Crippen molar-refractivity contribution in [2.24, 2.45) is 5.92 Å². The lowest BCUT2D eigenvalue weighted by molar-refractivity contribution is 0.146. The fraction of sp³-hybridized carbons (Fsp3) is 0.600. The molecule has 0 fully saturated rings. The Morgan fingerprint density at radius 3 is 2.33 bits per heavy atom. The van der Waals surface area contributed by atoms with Crippen LogP contribution in [-0.4, -0.2) is 25.3 Å². The third kappa shape index (κ3) is 6.11. The van der Waals surface area contributed by atoms with Crippen molar-refractivity contribution in [2.45, 2.75) is 45.8 Å². The zero-order valence-electron chi connectivity index (χ0n) is 12.7. The highest BCUT2D eigenvalue weighted by Crippen LogP contribution is 2.18. The third-order valence-corrected chi connectivity index (χ3v) is 5.07. The SMILES string of the molecule is CCCC(C)CS(=O)(=O)NC(C)C(O)c1ccc(F)cc1. The average molecular weight is 317 g/mol. The van der Waals surface area contributed by atoms with E-state index in [1.54, 1.807) is 6.92 Å². The molecule has 0 heterocycles. The van der Waals surface area contributed by atoms with E-state index in [1.807, 2.05) is 13.8 Å². The van der Waals surface area contributed by atoms with Crippen molar-refractivity contribution >= 4 is 10.0 Å². The molecule has 0 amide bonds. The fourth-order valence-corrected chi connectivity index (χ4v) is 4.00. The van der Waals surface area contributed by atoms with Crippen molar-refractivity contribution in [1.82, 2.24) is 4.72 Å². The monoisotopic (exact) mass is 317 g/mol. The molecule has 4 nitrogen and oxygen atoms in total. The van der Waals surface area contributed by atoms with E-state index < -0.39 is 28.0 Å². The Bertz CT molecular complexity index is 530. The van der Waals surface area contributed by atoms with Gasteiger partial charge in [-0.3, -0.25) is 0 Å². The number of hydrogen-bond acceptors (Lipinski definition) is 3. The second-order valence-corrected chi connectivity index (χ2v) is 7.38. The number of aliphatic hydroxyl groups excluding tert-OH is 1. The quantitative estimate of drug-likeness (QED) is 0.774. The highest BCUT2D eigenvalue weighted by atomic mass is 32.2. The Balaban J connectivity index is 2.66. The van der Waals surface area contributed by atoms with Gasteiger partial charge >= 0.3 is 0 Å². The molecular formula is C15H24FNO3S. The number of benzene rings is 1. The summed E-state index contributed by atoms with van der Waals surface area (Å²) in [5.74, 6) is -0.281. The van der Waals surface area contributed by atoms with Gasteiger partial charge in [-0.2, -0.15) is 0 Å². The molecule has 0 bridgehead atoms. The van der Waals surface area contributed by atoms with Crippen LogP contribution in [0.2, 0.25) is 0 Å². The summed E-state index contributed by atoms with van der Waals surface area (Å²) in [6.07, 6.45) is 0.766. The minimum atomic E-state index is -3.45. The van der Waals surface area contributed by atoms with E-state index in [2.05, 4.69) is 4.72 Å². The maximum atomic E-state index is 12.8. The molecule has 0 aliphatic heterocycles. The summed E-state index contributed by atoms with van der Waals surface area (Å²) in [6, 6.07) is 4.70. The zero-order valence-corrected chi connectivity index (χ0v) is 13.5. The number of aliphatic hydroxyl groups is 1. The number of sulfonamides is 1. The van der Waals surface area contributed by atoms with Crippen LogP contribution in [-0.2, 0) is 10.0 Å². The van der Waals surface area contributed by atoms with Crippen LogP contribution in [0.4, 0.5) is 4.39 Å². The predicted octanol–water partition coefficient (Wildman–Crippen LogP) is 2.60. The van der Waals surface area contributed by atoms with E-state index in [0.29, 0.717) is 5.56 Å². The molecule has 0 radical (unpaired) electrons. The molecule has 6 heteroatoms. The summed E-state index contributed by atoms with van der Waals surface area (Å²) in [7, 11) is -3.45. The Labute approximate surface area is 126 Å². The maximum absolute atomic E-state index is 12.8. The number of halogens is 1. The Kier molecular flexibility index (Phi) is 6.77. The minimum absolute atomic E-state index is 0.0430. The number of hydrogen-bond donors (Lipinski definition) is 2. The summed E-state index contributed by atoms with van der Waals surface area (Å²) < 4.78 is 39.4. The third-order valence-electron chi connectivity index (χ3n) is 3.34. The van der Waals surface area contributed by atoms with E-state index in [4.69, 9.17) is 0 Å². The molecular weight excluding hydrogens is 293 g/mol. The van der Waals surface area contributed by atoms with Crippen molar-refractivity contribution in [3.05, 3.63) is 35.6 Å². The van der Waals surface area contributed by atoms with Gasteiger partial charge in [0.2, 0.25) is 10.0 Å². The Morgan fingerprint density at radius 2 is 1.81 bits per heavy atom. The van der Waals surface area contributed by atoms with Gasteiger partial charge < -0.3 is 5.11 Å². The molecule has 1 rings (SSSR count). The van der Waals surface area contributed by atoms with Crippen LogP contribution < -0.4 is 4.72 Å². The zero-order chi connectivity index (χ0) is 16.0. The standard InChI is InChI=1S/C15H24FNO3S/c1-4-5-11(2)10-21(19,20)17-12(3)15(18)13-6-8-14(16)9-7-13/h6-9,11-12,15,17-18H,4-5,10H2,1-3H3. The highest BCUT2D eigenvalue weighted by Gasteiger charge is 2.23. The van der Waals surface area contributed by atoms with Gasteiger partial charge in [0.1, 0.15) is 5.82 Å². The van der Waals surface area contributed by atoms with E-state index >= 15 is 0 Å². The molecule has 21 heavy (non-hydrogen) atoms. The van der Waals surface area contributed by atoms with Crippen LogP contribution in [0.3, 0.4) is 0 Å². The van der Waals surface area contributed by atoms with Crippen LogP contribution in [0.5, 0.6) is 0 Å². The van der Waals surface area contributed by atoms with E-state index in [0.717, 1.165) is 12.8 Å². The molecule has 0 saturated carbocycles. The molecule has 1 aromatic rings. The van der Waals surface area contributed by atoms with Crippen molar-refractivity contribution in [3.8, 4) is 0 Å². The van der Waals surface area contributed by atoms with Crippen LogP contribution in [0, 0.1) is 11.7 Å². The largest absolute Gasteiger partial charge is 0.387 e. The van der Waals surface area contributed by atoms with E-state index in [9.17, 15) is 17.9 Å². The topological polar surface area (TPSA) is 66.4 Å². The summed E-state index contributed by atoms with van der Waals surface area (Å²) in [4.78, 5) is 0. The lowest BCUT2D eigenvalue weighted by atomic mass is 10.0. The van der Waals surface area contributed by atoms with E-state index in [-0.39, 0.29) is 11.7 Å². The van der Waals surface area contributed by atoms with Gasteiger partial charge in [0, 0.05) is 6.04 Å². The van der Waals surface area contributed by atoms with Crippen molar-refractivity contribution in [1.29, 1.82) is 0 Å². The van der Waals surface area contributed by atoms with Gasteiger partial charge in [-0.1, -0.05) is 32.4 Å². The molecule has 0 saturated heterocycles. The van der Waals surface area contributed by atoms with Crippen LogP contribution in [0.25, 0.3) is 0 Å². The van der Waals surface area contributed by atoms with Crippen molar-refractivity contribution < 1.29 is 17.9 Å². The lowest BCUT2D eigenvalue weighted by Crippen LogP contribution is -2.39. The van der Waals surface area contributed by atoms with Crippen molar-refractivity contribution in [2.75, 3.05) is 5.75 Å². The molecule has 0 aliphatic rings. The van der Waals surface area contributed by atoms with Gasteiger partial charge in [0.05, 0.1) is 11.9 Å². The predicted molar refractivity (Wildman–Crippen MR) is 81.8 cm³/mol. The summed E-state index contributed by atoms with van der Waals surface area (Å²) in [5.41, 5.74) is 0.480. The maximum Gasteiger partial charge on any atom is 0.212 e. The molecule has 120 valence electrons. The molecule has 0 aliphatic carbocycles. The molecule has 0 spiro atoms. The summed E-state index contributed by atoms with van der Waals surface area (Å²) >= 11 is 0. The summed E-state index contributed by atoms with van der Waals surface area (Å²) in [6.45, 7) is 5.50. The Morgan fingerprint density at radius 1 is 1.24 bits per heavy atom. The second-order valence-electron chi connectivity index (χ2n) is 5.58. The average Bonchev–Trinajstić information content (AvgIpc) is 2.37. The molecule has 3 unspecified atom stereocenters. The smallest absolute Gasteiger partial charge is 0.212 e. The number of nitrogens with one attached hydrogen (secondary N) is 1. The molecule has 1 aromatic carbocycles. The van der Waals surface area contributed by atoms with Gasteiger partial charge in [-0.15, -0.1) is 0 Å². The van der Waals surface area contributed by atoms with Crippen LogP contribution in [0.15, 0.2) is 24.3 Å². The fourth-order valence-electron chi connectivity index (χ4n) is 2.30. The first-order valence-corrected chi connectivity index (χ1v) is 8.84. The van der Waals surface area contributed by atoms with Gasteiger partial charge in [0.25, 0.3) is 0 Å². The van der Waals surface area contributed by atoms with E-state index in [1.165, 1.54) is 24.3 Å². The highest BCUT2D eigenvalue weighted by molar-refractivity contribution is 7.89. The molecule has 0 aromatic heterocycles. The minimum Gasteiger partial charge on any atom is -0.387 e. The lowest BCUT2D eigenvalue weighted by Gasteiger charge is -2.21. The van der Waals surface area contributed by atoms with Gasteiger partial charge in [-0.05, 0) is 37.0 Å². The van der Waals surface area contributed by atoms with Crippen LogP contribution in [0.1, 0.15) is 45.3 Å². The normalized spacial score (nSPS) is 16.4. The number of rotatable bonds is 8. The first kappa shape index (κ1) is 18.1. The second kappa shape index (κ2) is 7.87. The first-order valence-electron chi connectivity index (χ1n) is 7.18. The molecule has 3 atom stereocenters. The summed E-state index contributed by atoms with van der Waals surface area (Å²) in [5, 5.41) is 10.1. The van der Waals surface area contributed by atoms with Gasteiger partial charge in [0.15, 0.2) is 0 Å². The van der Waals surface area contributed by atoms with Crippen LogP contribution >= 0.6 is 0 Å². The van der Waals surface area contributed by atoms with Crippen molar-refractivity contribution in [3.63, 3.8) is 0 Å².